The van der Waals surface area contributed by atoms with E-state index in [9.17, 15) is 24.0 Å². The largest absolute Gasteiger partial charge is 0.493 e. The van der Waals surface area contributed by atoms with Crippen molar-refractivity contribution < 1.29 is 76.2 Å². The molecule has 5 amide bonds. The number of rotatable bonds is 31. The van der Waals surface area contributed by atoms with Crippen LogP contribution < -0.4 is 35.1 Å². The van der Waals surface area contributed by atoms with E-state index in [4.69, 9.17) is 62.2 Å². The van der Waals surface area contributed by atoms with Gasteiger partial charge in [-0.3, -0.25) is 38.8 Å². The average molecular weight is 1300 g/mol. The van der Waals surface area contributed by atoms with Gasteiger partial charge in [0.25, 0.3) is 11.8 Å². The topological polar surface area (TPSA) is 254 Å². The number of fused-ring (bicyclic) bond motifs is 4. The van der Waals surface area contributed by atoms with Gasteiger partial charge in [0.15, 0.2) is 23.0 Å². The summed E-state index contributed by atoms with van der Waals surface area (Å²) in [7, 11) is 3.07. The van der Waals surface area contributed by atoms with Crippen LogP contribution in [0.15, 0.2) is 76.8 Å². The van der Waals surface area contributed by atoms with Gasteiger partial charge >= 0.3 is 0 Å². The Morgan fingerprint density at radius 1 is 0.618 bits per heavy atom. The molecule has 9 rings (SSSR count). The van der Waals surface area contributed by atoms with Crippen LogP contribution in [0.3, 0.4) is 0 Å². The van der Waals surface area contributed by atoms with Gasteiger partial charge in [-0.15, -0.1) is 0 Å². The monoisotopic (exact) mass is 1290 g/mol. The zero-order valence-corrected chi connectivity index (χ0v) is 52.3. The molecule has 0 aromatic heterocycles. The van der Waals surface area contributed by atoms with Crippen LogP contribution in [0, 0.1) is 11.8 Å². The predicted octanol–water partition coefficient (Wildman–Crippen LogP) is 6.59. The highest BCUT2D eigenvalue weighted by Crippen LogP contribution is 2.43. The average Bonchev–Trinajstić information content (AvgIpc) is 1.69. The zero-order chi connectivity index (χ0) is 62.5. The Hall–Kier alpha value is -7.21. The van der Waals surface area contributed by atoms with E-state index < -0.39 is 0 Å². The highest BCUT2D eigenvalue weighted by Gasteiger charge is 2.43. The minimum Gasteiger partial charge on any atom is -0.493 e. The molecule has 478 valence electrons. The Morgan fingerprint density at radius 3 is 1.61 bits per heavy atom. The maximum atomic E-state index is 14.3. The lowest BCUT2D eigenvalue weighted by Crippen LogP contribution is -2.45. The molecule has 23 nitrogen and oxygen atoms in total. The van der Waals surface area contributed by atoms with Gasteiger partial charge in [0, 0.05) is 63.4 Å². The third kappa shape index (κ3) is 18.5. The van der Waals surface area contributed by atoms with Gasteiger partial charge in [-0.2, -0.15) is 0 Å². The summed E-state index contributed by atoms with van der Waals surface area (Å²) in [6.07, 6.45) is 6.63. The van der Waals surface area contributed by atoms with E-state index in [2.05, 4.69) is 57.0 Å². The summed E-state index contributed by atoms with van der Waals surface area (Å²) in [5.74, 6) is 6.71. The molecule has 0 bridgehead atoms. The normalized spacial score (nSPS) is 19.5. The Balaban J connectivity index is 0.809. The number of methoxy groups -OCH3 is 2. The summed E-state index contributed by atoms with van der Waals surface area (Å²) in [6.45, 7) is 13.6. The number of nitrogens with zero attached hydrogens (tertiary/aromatic N) is 4. The minimum atomic E-state index is -0.350. The van der Waals surface area contributed by atoms with E-state index in [1.54, 1.807) is 24.3 Å². The lowest BCUT2D eigenvalue weighted by molar-refractivity contribution is -0.135. The minimum absolute atomic E-state index is 0.0647. The molecule has 2 unspecified atom stereocenters. The quantitative estimate of drug-likeness (QED) is 0.0202. The number of carbonyl (C=O) groups excluding carboxylic acids is 5. The number of carbonyl (C=O) groups is 5. The first-order valence-electron chi connectivity index (χ1n) is 30.4. The molecule has 24 heteroatoms. The molecule has 0 radical (unpaired) electrons. The number of ether oxygens (including phenoxy) is 10. The molecule has 6 aliphatic rings. The summed E-state index contributed by atoms with van der Waals surface area (Å²) >= 11 is 3.04. The second-order valence-corrected chi connectivity index (χ2v) is 22.7. The Kier molecular flexibility index (Phi) is 25.0. The van der Waals surface area contributed by atoms with Crippen molar-refractivity contribution >= 4 is 68.3 Å². The van der Waals surface area contributed by atoms with Gasteiger partial charge in [-0.25, -0.2) is 5.48 Å². The molecule has 89 heavy (non-hydrogen) atoms. The Morgan fingerprint density at radius 2 is 1.12 bits per heavy atom. The standard InChI is InChI=1S/C65H80BrN7O16/c1-42-28-51-62(53-11-5-7-17-85-53)69-49-35-57(55(79-3)33-47(49)64(77)72(51)38-42)87-40-45-30-44(10-9-15-67-59(74)14-19-81-20-21-82-22-23-83-24-25-84-26-27-89-71-60(75)13-16-68-61(76)37-66)31-46(32-45)41-88-58-36-50-48(34-56(58)80-4)65(78)73-39-43(2)29-52(73)63(70-50)54-12-6-8-18-86-54/h30-36,51-54H,1-2,5-8,11-29,37-41H2,3-4H3,(H,67,74)(H,68,76)(H,71,75)/t51-,52-,53?,54?/m0/s1. The molecule has 3 N–H and O–H groups in total. The van der Waals surface area contributed by atoms with Crippen LogP contribution in [0.1, 0.15) is 102 Å². The van der Waals surface area contributed by atoms with Crippen molar-refractivity contribution in [3.63, 3.8) is 0 Å². The fourth-order valence-electron chi connectivity index (χ4n) is 11.3. The molecule has 3 aromatic carbocycles. The number of hydroxylamine groups is 1. The molecule has 4 atom stereocenters. The predicted molar refractivity (Wildman–Crippen MR) is 333 cm³/mol. The van der Waals surface area contributed by atoms with Crippen LogP contribution in [-0.2, 0) is 60.9 Å². The number of benzene rings is 3. The number of amides is 5. The number of nitrogens with one attached hydrogen (secondary N) is 3. The van der Waals surface area contributed by atoms with Crippen LogP contribution in [-0.4, -0.2) is 193 Å². The van der Waals surface area contributed by atoms with Crippen molar-refractivity contribution in [3.05, 3.63) is 94.6 Å². The Bertz CT molecular complexity index is 3010. The molecular weight excluding hydrogens is 1210 g/mol. The van der Waals surface area contributed by atoms with Gasteiger partial charge in [0.1, 0.15) is 13.2 Å². The second kappa shape index (κ2) is 33.6. The van der Waals surface area contributed by atoms with E-state index in [1.165, 1.54) is 14.2 Å². The van der Waals surface area contributed by atoms with Gasteiger partial charge in [0.2, 0.25) is 17.7 Å². The first-order valence-corrected chi connectivity index (χ1v) is 31.5. The van der Waals surface area contributed by atoms with E-state index >= 15 is 0 Å². The molecule has 0 aliphatic carbocycles. The number of aliphatic imine (C=N–C) groups is 2. The SMILES string of the molecule is C=C1C[C@H]2C(C3CCCCO3)=Nc3cc(OCc4cc(C#CCNC(=O)CCOCCOCCOCCOCCONC(=O)CCNC(=O)CBr)cc(COc5cc6c(cc5OC)C(=O)N5CC(=C)C[C@H]5C(C5CCCCO5)=N6)c4)c(OC)cc3C(=O)N2C1. The van der Waals surface area contributed by atoms with Crippen molar-refractivity contribution in [2.24, 2.45) is 9.98 Å². The molecule has 0 spiro atoms. The number of halogens is 1. The maximum Gasteiger partial charge on any atom is 0.257 e. The highest BCUT2D eigenvalue weighted by atomic mass is 79.9. The summed E-state index contributed by atoms with van der Waals surface area (Å²) in [5, 5.41) is 5.59. The van der Waals surface area contributed by atoms with Crippen molar-refractivity contribution in [2.75, 3.05) is 118 Å². The van der Waals surface area contributed by atoms with E-state index in [1.807, 2.05) is 28.0 Å². The van der Waals surface area contributed by atoms with Crippen molar-refractivity contribution in [2.45, 2.75) is 102 Å². The fraction of sp³-hybridized carbons (Fsp3) is 0.523. The van der Waals surface area contributed by atoms with Gasteiger partial charge < -0.3 is 67.8 Å². The summed E-state index contributed by atoms with van der Waals surface area (Å²) < 4.78 is 59.5. The smallest absolute Gasteiger partial charge is 0.257 e. The second-order valence-electron chi connectivity index (χ2n) is 22.1. The lowest BCUT2D eigenvalue weighted by Gasteiger charge is -2.30. The van der Waals surface area contributed by atoms with Crippen molar-refractivity contribution in [1.29, 1.82) is 0 Å². The first-order chi connectivity index (χ1) is 43.4. The third-order valence-corrected chi connectivity index (χ3v) is 16.1. The van der Waals surface area contributed by atoms with Gasteiger partial charge in [-0.1, -0.05) is 52.1 Å². The van der Waals surface area contributed by atoms with Gasteiger partial charge in [-0.05, 0) is 92.8 Å². The molecule has 3 aromatic rings. The number of alkyl halides is 1. The molecule has 4 saturated heterocycles. The van der Waals surface area contributed by atoms with E-state index in [-0.39, 0.29) is 118 Å². The van der Waals surface area contributed by atoms with Crippen molar-refractivity contribution in [1.82, 2.24) is 25.9 Å². The van der Waals surface area contributed by atoms with Crippen LogP contribution in [0.5, 0.6) is 23.0 Å². The van der Waals surface area contributed by atoms with Crippen LogP contribution in [0.4, 0.5) is 11.4 Å². The third-order valence-electron chi connectivity index (χ3n) is 15.6. The van der Waals surface area contributed by atoms with Crippen molar-refractivity contribution in [3.8, 4) is 34.8 Å². The van der Waals surface area contributed by atoms with Crippen LogP contribution in [0.25, 0.3) is 0 Å². The summed E-state index contributed by atoms with van der Waals surface area (Å²) in [5.41, 5.74) is 9.76. The van der Waals surface area contributed by atoms with Crippen LogP contribution in [0.2, 0.25) is 0 Å². The number of hydrogen-bond acceptors (Lipinski definition) is 18. The summed E-state index contributed by atoms with van der Waals surface area (Å²) in [6, 6.07) is 12.2. The molecule has 4 fully saturated rings. The zero-order valence-electron chi connectivity index (χ0n) is 50.8. The summed E-state index contributed by atoms with van der Waals surface area (Å²) in [4.78, 5) is 83.3. The van der Waals surface area contributed by atoms with E-state index in [0.717, 1.165) is 72.2 Å². The Labute approximate surface area is 527 Å². The highest BCUT2D eigenvalue weighted by molar-refractivity contribution is 9.09. The van der Waals surface area contributed by atoms with E-state index in [0.29, 0.717) is 130 Å². The lowest BCUT2D eigenvalue weighted by atomic mass is 9.97. The molecule has 6 heterocycles. The maximum absolute atomic E-state index is 14.3. The van der Waals surface area contributed by atoms with Gasteiger partial charge in [0.05, 0.1) is 144 Å². The fourth-order valence-corrected chi connectivity index (χ4v) is 11.5. The number of hydrogen-bond donors (Lipinski definition) is 3. The molecular formula is C65H80BrN7O16. The first kappa shape index (κ1) is 66.2. The molecule has 6 aliphatic heterocycles. The molecule has 0 saturated carbocycles. The van der Waals surface area contributed by atoms with Crippen LogP contribution >= 0.6 is 15.9 Å².